The summed E-state index contributed by atoms with van der Waals surface area (Å²) in [6.07, 6.45) is 5.84. The molecule has 18 heavy (non-hydrogen) atoms. The van der Waals surface area contributed by atoms with E-state index >= 15 is 0 Å². The van der Waals surface area contributed by atoms with Crippen molar-refractivity contribution in [2.24, 2.45) is 17.8 Å². The molecule has 0 heterocycles. The SMILES string of the molecule is O=C(C[C@H]1C[C@H]2CC[C@@H]1C2)Nc1ccc(F)cc1. The van der Waals surface area contributed by atoms with Crippen LogP contribution >= 0.6 is 0 Å². The standard InChI is InChI=1S/C15H18FNO/c16-13-3-5-14(6-4-13)17-15(18)9-12-8-10-1-2-11(12)7-10/h3-6,10-12H,1-2,7-9H2,(H,17,18)/t10-,11+,12+/m0/s1. The molecule has 2 bridgehead atoms. The van der Waals surface area contributed by atoms with Crippen LogP contribution in [0, 0.1) is 23.6 Å². The molecule has 3 atom stereocenters. The fourth-order valence-corrected chi connectivity index (χ4v) is 3.61. The third-order valence-corrected chi connectivity index (χ3v) is 4.46. The summed E-state index contributed by atoms with van der Waals surface area (Å²) in [7, 11) is 0. The molecule has 0 spiro atoms. The summed E-state index contributed by atoms with van der Waals surface area (Å²) in [5, 5.41) is 2.85. The van der Waals surface area contributed by atoms with Crippen LogP contribution in [-0.2, 0) is 4.79 Å². The number of amides is 1. The van der Waals surface area contributed by atoms with Crippen molar-refractivity contribution < 1.29 is 9.18 Å². The van der Waals surface area contributed by atoms with Crippen LogP contribution < -0.4 is 5.32 Å². The summed E-state index contributed by atoms with van der Waals surface area (Å²) >= 11 is 0. The van der Waals surface area contributed by atoms with E-state index in [1.54, 1.807) is 12.1 Å². The molecule has 1 N–H and O–H groups in total. The molecule has 2 saturated carbocycles. The zero-order valence-corrected chi connectivity index (χ0v) is 10.4. The summed E-state index contributed by atoms with van der Waals surface area (Å²) in [5.74, 6) is 2.01. The molecular weight excluding hydrogens is 229 g/mol. The molecule has 2 aliphatic rings. The van der Waals surface area contributed by atoms with E-state index < -0.39 is 0 Å². The van der Waals surface area contributed by atoms with Gasteiger partial charge in [-0.25, -0.2) is 4.39 Å². The van der Waals surface area contributed by atoms with E-state index in [4.69, 9.17) is 0 Å². The second-order valence-corrected chi connectivity index (χ2v) is 5.69. The molecule has 2 nitrogen and oxygen atoms in total. The molecule has 3 heteroatoms. The Hall–Kier alpha value is -1.38. The van der Waals surface area contributed by atoms with E-state index in [9.17, 15) is 9.18 Å². The third-order valence-electron chi connectivity index (χ3n) is 4.46. The van der Waals surface area contributed by atoms with E-state index in [2.05, 4.69) is 5.32 Å². The van der Waals surface area contributed by atoms with Gasteiger partial charge < -0.3 is 5.32 Å². The Labute approximate surface area is 107 Å². The predicted octanol–water partition coefficient (Wildman–Crippen LogP) is 3.59. The van der Waals surface area contributed by atoms with Gasteiger partial charge in [-0.15, -0.1) is 0 Å². The Kier molecular flexibility index (Phi) is 3.06. The second kappa shape index (κ2) is 4.71. The van der Waals surface area contributed by atoms with E-state index in [1.807, 2.05) is 0 Å². The second-order valence-electron chi connectivity index (χ2n) is 5.69. The maximum Gasteiger partial charge on any atom is 0.224 e. The Morgan fingerprint density at radius 2 is 2.00 bits per heavy atom. The lowest BCUT2D eigenvalue weighted by Crippen LogP contribution is -2.20. The first kappa shape index (κ1) is 11.7. The Morgan fingerprint density at radius 1 is 1.22 bits per heavy atom. The van der Waals surface area contributed by atoms with Gasteiger partial charge in [0, 0.05) is 12.1 Å². The topological polar surface area (TPSA) is 29.1 Å². The van der Waals surface area contributed by atoms with Gasteiger partial charge in [0.2, 0.25) is 5.91 Å². The number of halogens is 1. The first-order chi connectivity index (χ1) is 8.70. The number of hydrogen-bond acceptors (Lipinski definition) is 1. The number of fused-ring (bicyclic) bond motifs is 2. The van der Waals surface area contributed by atoms with Crippen molar-refractivity contribution in [1.82, 2.24) is 0 Å². The number of anilines is 1. The van der Waals surface area contributed by atoms with Crippen LogP contribution in [0.15, 0.2) is 24.3 Å². The van der Waals surface area contributed by atoms with Crippen molar-refractivity contribution in [2.75, 3.05) is 5.32 Å². The zero-order chi connectivity index (χ0) is 12.5. The van der Waals surface area contributed by atoms with Crippen molar-refractivity contribution >= 4 is 11.6 Å². The minimum Gasteiger partial charge on any atom is -0.326 e. The first-order valence-corrected chi connectivity index (χ1v) is 6.76. The molecule has 0 aromatic heterocycles. The van der Waals surface area contributed by atoms with Crippen LogP contribution in [0.25, 0.3) is 0 Å². The normalized spacial score (nSPS) is 29.5. The van der Waals surface area contributed by atoms with Crippen molar-refractivity contribution in [2.45, 2.75) is 32.1 Å². The highest BCUT2D eigenvalue weighted by Gasteiger charge is 2.40. The number of benzene rings is 1. The van der Waals surface area contributed by atoms with Gasteiger partial charge in [-0.3, -0.25) is 4.79 Å². The van der Waals surface area contributed by atoms with Gasteiger partial charge in [0.15, 0.2) is 0 Å². The molecule has 0 aliphatic heterocycles. The molecule has 1 aromatic rings. The van der Waals surface area contributed by atoms with Crippen LogP contribution in [0.1, 0.15) is 32.1 Å². The molecule has 1 aromatic carbocycles. The van der Waals surface area contributed by atoms with Crippen molar-refractivity contribution in [3.8, 4) is 0 Å². The smallest absolute Gasteiger partial charge is 0.224 e. The van der Waals surface area contributed by atoms with E-state index in [-0.39, 0.29) is 11.7 Å². The Balaban J connectivity index is 1.54. The van der Waals surface area contributed by atoms with Gasteiger partial charge >= 0.3 is 0 Å². The number of hydrogen-bond donors (Lipinski definition) is 1. The Bertz CT molecular complexity index is 442. The highest BCUT2D eigenvalue weighted by atomic mass is 19.1. The fourth-order valence-electron chi connectivity index (χ4n) is 3.61. The highest BCUT2D eigenvalue weighted by Crippen LogP contribution is 2.49. The van der Waals surface area contributed by atoms with Gasteiger partial charge in [-0.1, -0.05) is 6.42 Å². The minimum atomic E-state index is -0.277. The quantitative estimate of drug-likeness (QED) is 0.869. The summed E-state index contributed by atoms with van der Waals surface area (Å²) in [6.45, 7) is 0. The van der Waals surface area contributed by atoms with Gasteiger partial charge in [0.1, 0.15) is 5.82 Å². The number of nitrogens with one attached hydrogen (secondary N) is 1. The van der Waals surface area contributed by atoms with Crippen molar-refractivity contribution in [3.05, 3.63) is 30.1 Å². The van der Waals surface area contributed by atoms with E-state index in [1.165, 1.54) is 37.8 Å². The van der Waals surface area contributed by atoms with Crippen molar-refractivity contribution in [3.63, 3.8) is 0 Å². The maximum atomic E-state index is 12.7. The average Bonchev–Trinajstić information content (AvgIpc) is 2.94. The maximum absolute atomic E-state index is 12.7. The lowest BCUT2D eigenvalue weighted by molar-refractivity contribution is -0.117. The molecule has 1 amide bonds. The predicted molar refractivity (Wildman–Crippen MR) is 68.6 cm³/mol. The summed E-state index contributed by atoms with van der Waals surface area (Å²) in [5.41, 5.74) is 0.685. The Morgan fingerprint density at radius 3 is 2.61 bits per heavy atom. The van der Waals surface area contributed by atoms with Gasteiger partial charge in [0.05, 0.1) is 0 Å². The summed E-state index contributed by atoms with van der Waals surface area (Å²) in [4.78, 5) is 11.9. The first-order valence-electron chi connectivity index (χ1n) is 6.76. The number of carbonyl (C=O) groups is 1. The minimum absolute atomic E-state index is 0.0687. The molecule has 96 valence electrons. The lowest BCUT2D eigenvalue weighted by Gasteiger charge is -2.20. The highest BCUT2D eigenvalue weighted by molar-refractivity contribution is 5.90. The molecule has 2 aliphatic carbocycles. The van der Waals surface area contributed by atoms with Crippen molar-refractivity contribution in [1.29, 1.82) is 0 Å². The van der Waals surface area contributed by atoms with Crippen LogP contribution in [-0.4, -0.2) is 5.91 Å². The molecule has 2 fully saturated rings. The molecule has 0 unspecified atom stereocenters. The van der Waals surface area contributed by atoms with E-state index in [0.717, 1.165) is 11.8 Å². The van der Waals surface area contributed by atoms with Crippen LogP contribution in [0.5, 0.6) is 0 Å². The largest absolute Gasteiger partial charge is 0.326 e. The molecular formula is C15H18FNO. The number of carbonyl (C=O) groups excluding carboxylic acids is 1. The van der Waals surface area contributed by atoms with Crippen LogP contribution in [0.3, 0.4) is 0 Å². The third kappa shape index (κ3) is 2.40. The molecule has 0 saturated heterocycles. The lowest BCUT2D eigenvalue weighted by atomic mass is 9.86. The summed E-state index contributed by atoms with van der Waals surface area (Å²) in [6, 6.07) is 5.95. The van der Waals surface area contributed by atoms with Crippen LogP contribution in [0.4, 0.5) is 10.1 Å². The zero-order valence-electron chi connectivity index (χ0n) is 10.4. The molecule has 3 rings (SSSR count). The number of rotatable bonds is 3. The summed E-state index contributed by atoms with van der Waals surface area (Å²) < 4.78 is 12.7. The fraction of sp³-hybridized carbons (Fsp3) is 0.533. The van der Waals surface area contributed by atoms with Gasteiger partial charge in [-0.05, 0) is 61.3 Å². The molecule has 0 radical (unpaired) electrons. The van der Waals surface area contributed by atoms with Gasteiger partial charge in [-0.2, -0.15) is 0 Å². The average molecular weight is 247 g/mol. The van der Waals surface area contributed by atoms with Crippen LogP contribution in [0.2, 0.25) is 0 Å². The van der Waals surface area contributed by atoms with Gasteiger partial charge in [0.25, 0.3) is 0 Å². The monoisotopic (exact) mass is 247 g/mol. The van der Waals surface area contributed by atoms with E-state index in [0.29, 0.717) is 18.0 Å².